The maximum atomic E-state index is 9.46. The second-order valence-corrected chi connectivity index (χ2v) is 5.82. The minimum Gasteiger partial charge on any atom is -0.392 e. The van der Waals surface area contributed by atoms with Crippen molar-refractivity contribution in [3.8, 4) is 6.07 Å². The zero-order valence-corrected chi connectivity index (χ0v) is 14.1. The lowest BCUT2D eigenvalue weighted by atomic mass is 9.95. The largest absolute Gasteiger partial charge is 0.392 e. The third-order valence-corrected chi connectivity index (χ3v) is 4.01. The van der Waals surface area contributed by atoms with Crippen LogP contribution in [0.1, 0.15) is 57.8 Å². The van der Waals surface area contributed by atoms with E-state index < -0.39 is 6.10 Å². The number of ether oxygens (including phenoxy) is 2. The van der Waals surface area contributed by atoms with Gasteiger partial charge in [0.1, 0.15) is 0 Å². The molecule has 0 aromatic carbocycles. The molecule has 0 aromatic rings. The maximum absolute atomic E-state index is 9.46. The molecule has 0 bridgehead atoms. The number of rotatable bonds is 14. The number of hydrogen-bond donors (Lipinski definition) is 1. The molecule has 0 aliphatic carbocycles. The minimum absolute atomic E-state index is 0.148. The second kappa shape index (κ2) is 14.6. The van der Waals surface area contributed by atoms with Gasteiger partial charge in [0.15, 0.2) is 6.29 Å². The third-order valence-electron chi connectivity index (χ3n) is 3.75. The van der Waals surface area contributed by atoms with E-state index in [9.17, 15) is 5.11 Å². The molecule has 124 valence electrons. The van der Waals surface area contributed by atoms with Crippen LogP contribution in [0, 0.1) is 17.2 Å². The van der Waals surface area contributed by atoms with Crippen molar-refractivity contribution in [3.63, 3.8) is 0 Å². The summed E-state index contributed by atoms with van der Waals surface area (Å²) in [4.78, 5) is 0. The van der Waals surface area contributed by atoms with Crippen molar-refractivity contribution >= 4 is 11.6 Å². The molecule has 0 saturated carbocycles. The predicted molar refractivity (Wildman–Crippen MR) is 85.2 cm³/mol. The highest BCUT2D eigenvalue weighted by Crippen LogP contribution is 2.23. The minimum atomic E-state index is -0.460. The van der Waals surface area contributed by atoms with Crippen LogP contribution in [-0.4, -0.2) is 37.6 Å². The fourth-order valence-corrected chi connectivity index (χ4v) is 2.74. The summed E-state index contributed by atoms with van der Waals surface area (Å²) in [5.41, 5.74) is 0. The van der Waals surface area contributed by atoms with E-state index in [1.54, 1.807) is 14.2 Å². The molecule has 0 heterocycles. The van der Waals surface area contributed by atoms with Crippen molar-refractivity contribution in [3.05, 3.63) is 0 Å². The van der Waals surface area contributed by atoms with Crippen LogP contribution in [0.4, 0.5) is 0 Å². The number of aliphatic hydroxyl groups excluding tert-OH is 1. The number of nitriles is 1. The van der Waals surface area contributed by atoms with Crippen molar-refractivity contribution in [1.82, 2.24) is 0 Å². The molecule has 21 heavy (non-hydrogen) atoms. The average molecular weight is 320 g/mol. The molecule has 0 aliphatic rings. The zero-order valence-electron chi connectivity index (χ0n) is 13.4. The SMILES string of the molecule is COC(OC)C(CCCCl)CCCCCCC(O)CC#N. The van der Waals surface area contributed by atoms with E-state index in [4.69, 9.17) is 26.3 Å². The molecule has 1 N–H and O–H groups in total. The van der Waals surface area contributed by atoms with Crippen molar-refractivity contribution in [2.45, 2.75) is 70.2 Å². The molecule has 0 amide bonds. The van der Waals surface area contributed by atoms with Gasteiger partial charge in [-0.3, -0.25) is 0 Å². The smallest absolute Gasteiger partial charge is 0.159 e. The Bertz CT molecular complexity index is 267. The molecule has 0 fully saturated rings. The zero-order chi connectivity index (χ0) is 15.9. The summed E-state index contributed by atoms with van der Waals surface area (Å²) in [5, 5.41) is 17.9. The highest BCUT2D eigenvalue weighted by Gasteiger charge is 2.19. The fourth-order valence-electron chi connectivity index (χ4n) is 2.58. The number of unbranched alkanes of at least 4 members (excludes halogenated alkanes) is 3. The van der Waals surface area contributed by atoms with E-state index in [2.05, 4.69) is 0 Å². The van der Waals surface area contributed by atoms with Crippen LogP contribution in [0.5, 0.6) is 0 Å². The number of nitrogens with zero attached hydrogens (tertiary/aromatic N) is 1. The van der Waals surface area contributed by atoms with E-state index in [-0.39, 0.29) is 12.7 Å². The fraction of sp³-hybridized carbons (Fsp3) is 0.938. The van der Waals surface area contributed by atoms with E-state index in [0.29, 0.717) is 11.8 Å². The molecule has 0 aliphatic heterocycles. The van der Waals surface area contributed by atoms with Crippen LogP contribution in [0.15, 0.2) is 0 Å². The van der Waals surface area contributed by atoms with Crippen molar-refractivity contribution < 1.29 is 14.6 Å². The van der Waals surface area contributed by atoms with Gasteiger partial charge in [0.05, 0.1) is 18.6 Å². The molecule has 0 saturated heterocycles. The summed E-state index contributed by atoms with van der Waals surface area (Å²) in [6.07, 6.45) is 7.77. The van der Waals surface area contributed by atoms with Gasteiger partial charge in [-0.2, -0.15) is 5.26 Å². The van der Waals surface area contributed by atoms with Crippen LogP contribution < -0.4 is 0 Å². The molecule has 5 heteroatoms. The number of aliphatic hydroxyl groups is 1. The highest BCUT2D eigenvalue weighted by atomic mass is 35.5. The van der Waals surface area contributed by atoms with E-state index in [1.165, 1.54) is 0 Å². The number of hydrogen-bond acceptors (Lipinski definition) is 4. The van der Waals surface area contributed by atoms with Crippen LogP contribution in [0.25, 0.3) is 0 Å². The molecular weight excluding hydrogens is 290 g/mol. The topological polar surface area (TPSA) is 62.5 Å². The average Bonchev–Trinajstić information content (AvgIpc) is 2.48. The standard InChI is InChI=1S/C16H30ClNO3/c1-20-16(21-2)14(9-7-12-17)8-5-3-4-6-10-15(19)11-13-18/h14-16,19H,3-12H2,1-2H3. The van der Waals surface area contributed by atoms with Crippen LogP contribution in [0.3, 0.4) is 0 Å². The second-order valence-electron chi connectivity index (χ2n) is 5.44. The van der Waals surface area contributed by atoms with Crippen LogP contribution >= 0.6 is 11.6 Å². The summed E-state index contributed by atoms with van der Waals surface area (Å²) in [6.45, 7) is 0. The van der Waals surface area contributed by atoms with Gasteiger partial charge in [-0.1, -0.05) is 25.7 Å². The van der Waals surface area contributed by atoms with Gasteiger partial charge in [0.25, 0.3) is 0 Å². The number of alkyl halides is 1. The first-order chi connectivity index (χ1) is 10.2. The Balaban J connectivity index is 3.79. The van der Waals surface area contributed by atoms with E-state index in [1.807, 2.05) is 6.07 Å². The maximum Gasteiger partial charge on any atom is 0.159 e. The Kier molecular flexibility index (Phi) is 14.4. The van der Waals surface area contributed by atoms with Crippen molar-refractivity contribution in [2.75, 3.05) is 20.1 Å². The van der Waals surface area contributed by atoms with Gasteiger partial charge in [-0.05, 0) is 25.7 Å². The molecular formula is C16H30ClNO3. The van der Waals surface area contributed by atoms with E-state index in [0.717, 1.165) is 51.4 Å². The predicted octanol–water partition coefficient (Wildman–Crippen LogP) is 3.86. The Hall–Kier alpha value is -0.340. The molecule has 0 aromatic heterocycles. The first-order valence-electron chi connectivity index (χ1n) is 7.86. The quantitative estimate of drug-likeness (QED) is 0.300. The molecule has 0 radical (unpaired) electrons. The summed E-state index contributed by atoms with van der Waals surface area (Å²) in [6, 6.07) is 1.99. The lowest BCUT2D eigenvalue weighted by Gasteiger charge is -2.24. The summed E-state index contributed by atoms with van der Waals surface area (Å²) >= 11 is 5.77. The lowest BCUT2D eigenvalue weighted by molar-refractivity contribution is -0.140. The lowest BCUT2D eigenvalue weighted by Crippen LogP contribution is -2.25. The van der Waals surface area contributed by atoms with Gasteiger partial charge in [0, 0.05) is 26.0 Å². The summed E-state index contributed by atoms with van der Waals surface area (Å²) in [5.74, 6) is 1.07. The van der Waals surface area contributed by atoms with Gasteiger partial charge in [-0.25, -0.2) is 0 Å². The Labute approximate surface area is 134 Å². The molecule has 4 nitrogen and oxygen atoms in total. The Morgan fingerprint density at radius 1 is 1.00 bits per heavy atom. The Morgan fingerprint density at radius 2 is 1.57 bits per heavy atom. The normalized spacial score (nSPS) is 14.1. The van der Waals surface area contributed by atoms with E-state index >= 15 is 0 Å². The first-order valence-corrected chi connectivity index (χ1v) is 8.39. The van der Waals surface area contributed by atoms with Crippen LogP contribution in [0.2, 0.25) is 0 Å². The number of methoxy groups -OCH3 is 2. The Morgan fingerprint density at radius 3 is 2.10 bits per heavy atom. The van der Waals surface area contributed by atoms with Gasteiger partial charge >= 0.3 is 0 Å². The van der Waals surface area contributed by atoms with Crippen LogP contribution in [-0.2, 0) is 9.47 Å². The summed E-state index contributed by atoms with van der Waals surface area (Å²) < 4.78 is 10.7. The number of halogens is 1. The van der Waals surface area contributed by atoms with Crippen molar-refractivity contribution in [1.29, 1.82) is 5.26 Å². The summed E-state index contributed by atoms with van der Waals surface area (Å²) in [7, 11) is 3.36. The monoisotopic (exact) mass is 319 g/mol. The van der Waals surface area contributed by atoms with Gasteiger partial charge in [-0.15, -0.1) is 11.6 Å². The van der Waals surface area contributed by atoms with Gasteiger partial charge < -0.3 is 14.6 Å². The molecule has 0 spiro atoms. The molecule has 0 rings (SSSR count). The highest BCUT2D eigenvalue weighted by molar-refractivity contribution is 6.17. The first kappa shape index (κ1) is 20.7. The molecule has 2 unspecified atom stereocenters. The van der Waals surface area contributed by atoms with Crippen molar-refractivity contribution in [2.24, 2.45) is 5.92 Å². The van der Waals surface area contributed by atoms with Gasteiger partial charge in [0.2, 0.25) is 0 Å². The third kappa shape index (κ3) is 11.0. The molecule has 2 atom stereocenters.